The third-order valence-electron chi connectivity index (χ3n) is 0.940. The molecular formula is C6H15Cl2NOSSi. The van der Waals surface area contributed by atoms with Gasteiger partial charge in [0.05, 0.1) is 0 Å². The molecule has 0 fully saturated rings. The minimum atomic E-state index is -2.48. The van der Waals surface area contributed by atoms with Gasteiger partial charge in [0, 0.05) is 11.6 Å². The summed E-state index contributed by atoms with van der Waals surface area (Å²) in [7, 11) is 1.59. The van der Waals surface area contributed by atoms with Crippen molar-refractivity contribution in [1.82, 2.24) is 0 Å². The number of rotatable bonds is 4. The fourth-order valence-electron chi connectivity index (χ4n) is 0.687. The van der Waals surface area contributed by atoms with Crippen LogP contribution in [0.3, 0.4) is 0 Å². The van der Waals surface area contributed by atoms with Crippen LogP contribution in [0, 0.1) is 0 Å². The minimum absolute atomic E-state index is 0.405. The first-order valence-corrected chi connectivity index (χ1v) is 10.3. The van der Waals surface area contributed by atoms with Gasteiger partial charge in [0.2, 0.25) is 0 Å². The Balaban J connectivity index is 4.40. The number of halogens is 2. The van der Waals surface area contributed by atoms with Crippen molar-refractivity contribution in [2.75, 3.05) is 11.6 Å². The van der Waals surface area contributed by atoms with Crippen LogP contribution in [0.2, 0.25) is 19.6 Å². The van der Waals surface area contributed by atoms with Crippen molar-refractivity contribution in [3.05, 3.63) is 0 Å². The minimum Gasteiger partial charge on any atom is -0.266 e. The van der Waals surface area contributed by atoms with E-state index < -0.39 is 17.2 Å². The molecule has 0 aliphatic carbocycles. The van der Waals surface area contributed by atoms with Gasteiger partial charge in [-0.3, -0.25) is 4.03 Å². The lowest BCUT2D eigenvalue weighted by Crippen LogP contribution is -2.19. The van der Waals surface area contributed by atoms with Gasteiger partial charge < -0.3 is 0 Å². The molecule has 0 N–H and O–H groups in total. The third kappa shape index (κ3) is 7.40. The van der Waals surface area contributed by atoms with Crippen LogP contribution in [0.1, 0.15) is 6.42 Å². The van der Waals surface area contributed by atoms with E-state index in [2.05, 4.69) is 4.03 Å². The standard InChI is InChI=1S/C6H15Cl2NOSSi/c1-12(2,3)9-11(8,10)6-4-5-7/h4-6H2,1-3H3. The smallest absolute Gasteiger partial charge is 0.186 e. The van der Waals surface area contributed by atoms with Crippen molar-refractivity contribution in [2.24, 2.45) is 4.03 Å². The largest absolute Gasteiger partial charge is 0.266 e. The van der Waals surface area contributed by atoms with Gasteiger partial charge in [-0.25, -0.2) is 4.21 Å². The van der Waals surface area contributed by atoms with Crippen LogP contribution in [0.25, 0.3) is 0 Å². The van der Waals surface area contributed by atoms with E-state index >= 15 is 0 Å². The van der Waals surface area contributed by atoms with Crippen molar-refractivity contribution in [3.63, 3.8) is 0 Å². The zero-order valence-electron chi connectivity index (χ0n) is 7.64. The summed E-state index contributed by atoms with van der Waals surface area (Å²) in [4.78, 5) is 0. The molecule has 6 heteroatoms. The van der Waals surface area contributed by atoms with Gasteiger partial charge in [-0.1, -0.05) is 0 Å². The van der Waals surface area contributed by atoms with E-state index in [1.165, 1.54) is 0 Å². The molecule has 74 valence electrons. The fraction of sp³-hybridized carbons (Fsp3) is 1.00. The normalized spacial score (nSPS) is 17.1. The SMILES string of the molecule is C[Si](C)(C)N=S(=O)(Cl)CCCCl. The molecule has 0 radical (unpaired) electrons. The molecule has 1 unspecified atom stereocenters. The lowest BCUT2D eigenvalue weighted by molar-refractivity contribution is 0.685. The number of nitrogens with zero attached hydrogens (tertiary/aromatic N) is 1. The average molecular weight is 248 g/mol. The second-order valence-corrected chi connectivity index (χ2v) is 12.0. The van der Waals surface area contributed by atoms with Crippen molar-refractivity contribution in [3.8, 4) is 0 Å². The van der Waals surface area contributed by atoms with Crippen LogP contribution < -0.4 is 0 Å². The Morgan fingerprint density at radius 1 is 1.42 bits per heavy atom. The number of hydrogen-bond acceptors (Lipinski definition) is 2. The molecule has 0 rings (SSSR count). The summed E-state index contributed by atoms with van der Waals surface area (Å²) in [6.07, 6.45) is 0.665. The molecule has 0 aliphatic heterocycles. The van der Waals surface area contributed by atoms with Gasteiger partial charge in [-0.05, 0) is 36.7 Å². The van der Waals surface area contributed by atoms with Crippen molar-refractivity contribution < 1.29 is 4.21 Å². The molecule has 0 amide bonds. The molecule has 1 atom stereocenters. The monoisotopic (exact) mass is 247 g/mol. The summed E-state index contributed by atoms with van der Waals surface area (Å²) in [5.74, 6) is 0.896. The van der Waals surface area contributed by atoms with Crippen LogP contribution in [0.4, 0.5) is 0 Å². The molecule has 0 aliphatic rings. The van der Waals surface area contributed by atoms with E-state index in [9.17, 15) is 4.21 Å². The molecule has 0 aromatic carbocycles. The Morgan fingerprint density at radius 3 is 2.25 bits per heavy atom. The Hall–Kier alpha value is 0.747. The fourth-order valence-corrected chi connectivity index (χ4v) is 7.31. The summed E-state index contributed by atoms with van der Waals surface area (Å²) in [5.41, 5.74) is 0. The van der Waals surface area contributed by atoms with Gasteiger partial charge in [-0.2, -0.15) is 0 Å². The number of hydrogen-bond donors (Lipinski definition) is 0. The zero-order valence-corrected chi connectivity index (χ0v) is 11.0. The van der Waals surface area contributed by atoms with Gasteiger partial charge in [0.15, 0.2) is 8.24 Å². The average Bonchev–Trinajstić information content (AvgIpc) is 1.78. The molecular weight excluding hydrogens is 233 g/mol. The Morgan fingerprint density at radius 2 is 1.92 bits per heavy atom. The summed E-state index contributed by atoms with van der Waals surface area (Å²) < 4.78 is 15.7. The molecule has 2 nitrogen and oxygen atoms in total. The second-order valence-electron chi connectivity index (χ2n) is 3.57. The van der Waals surface area contributed by atoms with Gasteiger partial charge >= 0.3 is 0 Å². The van der Waals surface area contributed by atoms with Gasteiger partial charge in [-0.15, -0.1) is 11.6 Å². The Labute approximate surface area is 85.4 Å². The third-order valence-corrected chi connectivity index (χ3v) is 6.36. The van der Waals surface area contributed by atoms with E-state index in [4.69, 9.17) is 22.3 Å². The van der Waals surface area contributed by atoms with Crippen molar-refractivity contribution in [1.29, 1.82) is 0 Å². The first kappa shape index (κ1) is 12.7. The molecule has 0 bridgehead atoms. The molecule has 0 aromatic rings. The Kier molecular flexibility index (Phi) is 5.14. The second kappa shape index (κ2) is 4.84. The molecule has 0 saturated heterocycles. The summed E-state index contributed by atoms with van der Waals surface area (Å²) in [5, 5.41) is 0. The molecule has 0 saturated carbocycles. The van der Waals surface area contributed by atoms with E-state index in [-0.39, 0.29) is 0 Å². The van der Waals surface area contributed by atoms with Crippen LogP contribution in [-0.2, 0) is 8.94 Å². The van der Waals surface area contributed by atoms with Crippen molar-refractivity contribution >= 4 is 39.5 Å². The summed E-state index contributed by atoms with van der Waals surface area (Å²) in [6.45, 7) is 6.03. The molecule has 0 aromatic heterocycles. The topological polar surface area (TPSA) is 29.4 Å². The van der Waals surface area contributed by atoms with E-state index in [1.54, 1.807) is 0 Å². The molecule has 12 heavy (non-hydrogen) atoms. The Bertz CT molecular complexity index is 242. The highest BCUT2D eigenvalue weighted by Gasteiger charge is 2.15. The quantitative estimate of drug-likeness (QED) is 0.427. The lowest BCUT2D eigenvalue weighted by Gasteiger charge is -2.10. The predicted octanol–water partition coefficient (Wildman–Crippen LogP) is 3.07. The zero-order chi connectivity index (χ0) is 9.83. The van der Waals surface area contributed by atoms with Crippen LogP contribution >= 0.6 is 22.3 Å². The predicted molar refractivity (Wildman–Crippen MR) is 60.0 cm³/mol. The van der Waals surface area contributed by atoms with Crippen LogP contribution in [0.5, 0.6) is 0 Å². The maximum absolute atomic E-state index is 11.5. The first-order valence-electron chi connectivity index (χ1n) is 3.78. The molecule has 0 heterocycles. The number of alkyl halides is 1. The van der Waals surface area contributed by atoms with Crippen LogP contribution in [0.15, 0.2) is 4.03 Å². The highest BCUT2D eigenvalue weighted by atomic mass is 35.7. The summed E-state index contributed by atoms with van der Waals surface area (Å²) in [6, 6.07) is 0. The highest BCUT2D eigenvalue weighted by molar-refractivity contribution is 8.16. The first-order chi connectivity index (χ1) is 5.27. The highest BCUT2D eigenvalue weighted by Crippen LogP contribution is 2.13. The van der Waals surface area contributed by atoms with Crippen molar-refractivity contribution in [2.45, 2.75) is 26.1 Å². The lowest BCUT2D eigenvalue weighted by atomic mass is 10.6. The van der Waals surface area contributed by atoms with E-state index in [0.29, 0.717) is 18.1 Å². The van der Waals surface area contributed by atoms with Gasteiger partial charge in [0.25, 0.3) is 0 Å². The van der Waals surface area contributed by atoms with Crippen LogP contribution in [-0.4, -0.2) is 24.1 Å². The van der Waals surface area contributed by atoms with E-state index in [1.807, 2.05) is 19.6 Å². The maximum Gasteiger partial charge on any atom is 0.186 e. The maximum atomic E-state index is 11.5. The summed E-state index contributed by atoms with van der Waals surface area (Å²) >= 11 is 5.46. The van der Waals surface area contributed by atoms with Gasteiger partial charge in [0.1, 0.15) is 8.94 Å². The molecule has 0 spiro atoms. The van der Waals surface area contributed by atoms with E-state index in [0.717, 1.165) is 0 Å².